The van der Waals surface area contributed by atoms with Crippen LogP contribution in [-0.2, 0) is 11.3 Å². The van der Waals surface area contributed by atoms with Crippen molar-refractivity contribution in [2.45, 2.75) is 6.54 Å². The Bertz CT molecular complexity index is 496. The molecule has 2 rings (SSSR count). The van der Waals surface area contributed by atoms with Crippen molar-refractivity contribution in [3.05, 3.63) is 40.8 Å². The van der Waals surface area contributed by atoms with Crippen LogP contribution in [-0.4, -0.2) is 23.5 Å². The van der Waals surface area contributed by atoms with E-state index in [1.807, 2.05) is 6.20 Å². The van der Waals surface area contributed by atoms with Gasteiger partial charge < -0.3 is 4.74 Å². The maximum atomic E-state index is 12.8. The first-order valence-electron chi connectivity index (χ1n) is 5.18. The summed E-state index contributed by atoms with van der Waals surface area (Å²) < 4.78 is 20.5. The SMILES string of the molecule is COCCn1cc(Br)c(-c2ccc(F)cc2)n1. The van der Waals surface area contributed by atoms with Crippen LogP contribution in [0, 0.1) is 5.82 Å². The number of nitrogens with zero attached hydrogens (tertiary/aromatic N) is 2. The van der Waals surface area contributed by atoms with Gasteiger partial charge in [-0.1, -0.05) is 0 Å². The predicted molar refractivity (Wildman–Crippen MR) is 67.2 cm³/mol. The van der Waals surface area contributed by atoms with Gasteiger partial charge in [0.05, 0.1) is 17.6 Å². The Morgan fingerprint density at radius 2 is 2.06 bits per heavy atom. The van der Waals surface area contributed by atoms with Crippen molar-refractivity contribution >= 4 is 15.9 Å². The van der Waals surface area contributed by atoms with E-state index in [-0.39, 0.29) is 5.82 Å². The number of aromatic nitrogens is 2. The van der Waals surface area contributed by atoms with Crippen molar-refractivity contribution in [1.82, 2.24) is 9.78 Å². The zero-order chi connectivity index (χ0) is 12.3. The van der Waals surface area contributed by atoms with E-state index >= 15 is 0 Å². The Morgan fingerprint density at radius 3 is 2.71 bits per heavy atom. The fourth-order valence-electron chi connectivity index (χ4n) is 1.50. The summed E-state index contributed by atoms with van der Waals surface area (Å²) in [5.41, 5.74) is 1.69. The van der Waals surface area contributed by atoms with Crippen molar-refractivity contribution in [2.24, 2.45) is 0 Å². The number of benzene rings is 1. The van der Waals surface area contributed by atoms with Crippen LogP contribution in [0.2, 0.25) is 0 Å². The summed E-state index contributed by atoms with van der Waals surface area (Å²) in [5, 5.41) is 4.41. The topological polar surface area (TPSA) is 27.1 Å². The average molecular weight is 299 g/mol. The van der Waals surface area contributed by atoms with Crippen LogP contribution in [0.3, 0.4) is 0 Å². The molecule has 0 unspecified atom stereocenters. The van der Waals surface area contributed by atoms with Gasteiger partial charge in [0.2, 0.25) is 0 Å². The molecule has 0 radical (unpaired) electrons. The molecule has 0 spiro atoms. The second-order valence-electron chi connectivity index (χ2n) is 3.59. The summed E-state index contributed by atoms with van der Waals surface area (Å²) in [6, 6.07) is 6.28. The molecule has 0 aliphatic rings. The van der Waals surface area contributed by atoms with Crippen LogP contribution in [0.4, 0.5) is 4.39 Å². The molecular weight excluding hydrogens is 287 g/mol. The van der Waals surface area contributed by atoms with Gasteiger partial charge in [0.15, 0.2) is 0 Å². The molecule has 17 heavy (non-hydrogen) atoms. The van der Waals surface area contributed by atoms with Crippen LogP contribution in [0.25, 0.3) is 11.3 Å². The lowest BCUT2D eigenvalue weighted by molar-refractivity contribution is 0.183. The highest BCUT2D eigenvalue weighted by atomic mass is 79.9. The number of rotatable bonds is 4. The highest BCUT2D eigenvalue weighted by Crippen LogP contribution is 2.26. The van der Waals surface area contributed by atoms with Crippen molar-refractivity contribution in [3.8, 4) is 11.3 Å². The van der Waals surface area contributed by atoms with E-state index in [1.165, 1.54) is 12.1 Å². The molecule has 1 aromatic heterocycles. The van der Waals surface area contributed by atoms with Gasteiger partial charge in [-0.3, -0.25) is 4.68 Å². The molecule has 1 heterocycles. The van der Waals surface area contributed by atoms with E-state index in [0.717, 1.165) is 15.7 Å². The number of halogens is 2. The molecular formula is C12H12BrFN2O. The summed E-state index contributed by atoms with van der Waals surface area (Å²) in [6.07, 6.45) is 1.89. The van der Waals surface area contributed by atoms with Gasteiger partial charge in [0.25, 0.3) is 0 Å². The number of ether oxygens (including phenoxy) is 1. The van der Waals surface area contributed by atoms with Crippen LogP contribution >= 0.6 is 15.9 Å². The van der Waals surface area contributed by atoms with Crippen LogP contribution in [0.5, 0.6) is 0 Å². The maximum absolute atomic E-state index is 12.8. The minimum absolute atomic E-state index is 0.247. The van der Waals surface area contributed by atoms with E-state index < -0.39 is 0 Å². The van der Waals surface area contributed by atoms with Crippen LogP contribution in [0.1, 0.15) is 0 Å². The molecule has 0 amide bonds. The Balaban J connectivity index is 2.26. The summed E-state index contributed by atoms with van der Waals surface area (Å²) in [5.74, 6) is -0.247. The molecule has 3 nitrogen and oxygen atoms in total. The first-order valence-corrected chi connectivity index (χ1v) is 5.98. The zero-order valence-corrected chi connectivity index (χ0v) is 10.9. The molecule has 0 bridgehead atoms. The van der Waals surface area contributed by atoms with Gasteiger partial charge >= 0.3 is 0 Å². The first kappa shape index (κ1) is 12.3. The quantitative estimate of drug-likeness (QED) is 0.867. The van der Waals surface area contributed by atoms with Crippen molar-refractivity contribution < 1.29 is 9.13 Å². The second kappa shape index (κ2) is 5.42. The normalized spacial score (nSPS) is 10.8. The number of methoxy groups -OCH3 is 1. The maximum Gasteiger partial charge on any atom is 0.123 e. The average Bonchev–Trinajstić information content (AvgIpc) is 2.69. The molecule has 0 aliphatic carbocycles. The fraction of sp³-hybridized carbons (Fsp3) is 0.250. The lowest BCUT2D eigenvalue weighted by Crippen LogP contribution is -2.04. The molecule has 0 aliphatic heterocycles. The Labute approximate surface area is 107 Å². The second-order valence-corrected chi connectivity index (χ2v) is 4.44. The van der Waals surface area contributed by atoms with E-state index in [2.05, 4.69) is 21.0 Å². The summed E-state index contributed by atoms with van der Waals surface area (Å²) in [6.45, 7) is 1.30. The molecule has 1 aromatic carbocycles. The predicted octanol–water partition coefficient (Wildman–Crippen LogP) is 3.10. The smallest absolute Gasteiger partial charge is 0.123 e. The minimum Gasteiger partial charge on any atom is -0.383 e. The molecule has 0 fully saturated rings. The van der Waals surface area contributed by atoms with Crippen molar-refractivity contribution in [1.29, 1.82) is 0 Å². The third-order valence-corrected chi connectivity index (χ3v) is 2.94. The van der Waals surface area contributed by atoms with Gasteiger partial charge in [-0.25, -0.2) is 4.39 Å². The van der Waals surface area contributed by atoms with E-state index in [0.29, 0.717) is 13.2 Å². The van der Waals surface area contributed by atoms with Crippen LogP contribution in [0.15, 0.2) is 34.9 Å². The lowest BCUT2D eigenvalue weighted by Gasteiger charge is -1.99. The summed E-state index contributed by atoms with van der Waals surface area (Å²) in [7, 11) is 1.65. The molecule has 5 heteroatoms. The molecule has 0 saturated carbocycles. The minimum atomic E-state index is -0.247. The van der Waals surface area contributed by atoms with Gasteiger partial charge in [-0.2, -0.15) is 5.10 Å². The summed E-state index contributed by atoms with van der Waals surface area (Å²) in [4.78, 5) is 0. The van der Waals surface area contributed by atoms with Crippen molar-refractivity contribution in [2.75, 3.05) is 13.7 Å². The Morgan fingerprint density at radius 1 is 1.35 bits per heavy atom. The van der Waals surface area contributed by atoms with Gasteiger partial charge in [0.1, 0.15) is 11.5 Å². The lowest BCUT2D eigenvalue weighted by atomic mass is 10.1. The van der Waals surface area contributed by atoms with E-state index in [1.54, 1.807) is 23.9 Å². The molecule has 0 atom stereocenters. The molecule has 0 saturated heterocycles. The Kier molecular flexibility index (Phi) is 3.91. The molecule has 2 aromatic rings. The zero-order valence-electron chi connectivity index (χ0n) is 9.36. The van der Waals surface area contributed by atoms with Gasteiger partial charge in [-0.15, -0.1) is 0 Å². The van der Waals surface area contributed by atoms with Crippen molar-refractivity contribution in [3.63, 3.8) is 0 Å². The molecule has 0 N–H and O–H groups in total. The number of hydrogen-bond donors (Lipinski definition) is 0. The third kappa shape index (κ3) is 2.92. The van der Waals surface area contributed by atoms with Crippen LogP contribution < -0.4 is 0 Å². The first-order chi connectivity index (χ1) is 8.20. The standard InChI is InChI=1S/C12H12BrFN2O/c1-17-7-6-16-8-11(13)12(15-16)9-2-4-10(14)5-3-9/h2-5,8H,6-7H2,1H3. The summed E-state index contributed by atoms with van der Waals surface area (Å²) >= 11 is 3.45. The van der Waals surface area contributed by atoms with E-state index in [9.17, 15) is 4.39 Å². The highest BCUT2D eigenvalue weighted by Gasteiger charge is 2.08. The van der Waals surface area contributed by atoms with Gasteiger partial charge in [0, 0.05) is 18.9 Å². The monoisotopic (exact) mass is 298 g/mol. The largest absolute Gasteiger partial charge is 0.383 e. The number of hydrogen-bond acceptors (Lipinski definition) is 2. The molecule has 90 valence electrons. The highest BCUT2D eigenvalue weighted by molar-refractivity contribution is 9.10. The van der Waals surface area contributed by atoms with Gasteiger partial charge in [-0.05, 0) is 40.2 Å². The fourth-order valence-corrected chi connectivity index (χ4v) is 2.04. The third-order valence-electron chi connectivity index (χ3n) is 2.36. The van der Waals surface area contributed by atoms with E-state index in [4.69, 9.17) is 4.74 Å². The Hall–Kier alpha value is -1.20.